The first-order valence-corrected chi connectivity index (χ1v) is 6.21. The highest BCUT2D eigenvalue weighted by Gasteiger charge is 2.06. The van der Waals surface area contributed by atoms with Gasteiger partial charge in [0.1, 0.15) is 12.2 Å². The number of aryl methyl sites for hydroxylation is 1. The topological polar surface area (TPSA) is 60.6 Å². The van der Waals surface area contributed by atoms with E-state index in [9.17, 15) is 0 Å². The lowest BCUT2D eigenvalue weighted by molar-refractivity contribution is 0.456. The van der Waals surface area contributed by atoms with E-state index in [1.807, 2.05) is 22.5 Å². The minimum Gasteiger partial charge on any atom is -0.304 e. The zero-order valence-electron chi connectivity index (χ0n) is 11.2. The van der Waals surface area contributed by atoms with Crippen LogP contribution in [0.25, 0.3) is 0 Å². The number of rotatable bonds is 6. The van der Waals surface area contributed by atoms with Gasteiger partial charge in [0.2, 0.25) is 0 Å². The van der Waals surface area contributed by atoms with Gasteiger partial charge in [-0.05, 0) is 12.0 Å². The molecular weight excluding hydrogens is 228 g/mol. The average molecular weight is 248 g/mol. The Morgan fingerprint density at radius 1 is 1.28 bits per heavy atom. The molecule has 18 heavy (non-hydrogen) atoms. The van der Waals surface area contributed by atoms with Crippen molar-refractivity contribution in [2.75, 3.05) is 0 Å². The van der Waals surface area contributed by atoms with Crippen LogP contribution in [-0.4, -0.2) is 24.5 Å². The van der Waals surface area contributed by atoms with E-state index in [2.05, 4.69) is 34.3 Å². The van der Waals surface area contributed by atoms with E-state index in [-0.39, 0.29) is 0 Å². The maximum absolute atomic E-state index is 4.28. The Hall–Kier alpha value is -1.69. The molecule has 6 heteroatoms. The van der Waals surface area contributed by atoms with Crippen LogP contribution in [0.3, 0.4) is 0 Å². The molecule has 2 aromatic heterocycles. The molecule has 0 saturated carbocycles. The lowest BCUT2D eigenvalue weighted by atomic mass is 10.2. The van der Waals surface area contributed by atoms with Crippen molar-refractivity contribution in [1.82, 2.24) is 29.9 Å². The van der Waals surface area contributed by atoms with Crippen LogP contribution in [0.2, 0.25) is 0 Å². The zero-order chi connectivity index (χ0) is 13.0. The van der Waals surface area contributed by atoms with E-state index < -0.39 is 0 Å². The number of hydrogen-bond donors (Lipinski definition) is 1. The molecule has 98 valence electrons. The summed E-state index contributed by atoms with van der Waals surface area (Å²) in [6.07, 6.45) is 3.42. The molecule has 2 aromatic rings. The Morgan fingerprint density at radius 3 is 2.78 bits per heavy atom. The predicted molar refractivity (Wildman–Crippen MR) is 68.6 cm³/mol. The second-order valence-corrected chi connectivity index (χ2v) is 4.80. The molecule has 0 aliphatic rings. The van der Waals surface area contributed by atoms with E-state index in [0.717, 1.165) is 31.2 Å². The van der Waals surface area contributed by atoms with Gasteiger partial charge in [0.15, 0.2) is 0 Å². The van der Waals surface area contributed by atoms with Crippen molar-refractivity contribution in [3.8, 4) is 0 Å². The van der Waals surface area contributed by atoms with Gasteiger partial charge < -0.3 is 5.32 Å². The lowest BCUT2D eigenvalue weighted by Crippen LogP contribution is -2.19. The van der Waals surface area contributed by atoms with E-state index >= 15 is 0 Å². The highest BCUT2D eigenvalue weighted by molar-refractivity contribution is 4.99. The van der Waals surface area contributed by atoms with Crippen molar-refractivity contribution in [1.29, 1.82) is 0 Å². The molecule has 0 radical (unpaired) electrons. The summed E-state index contributed by atoms with van der Waals surface area (Å²) in [5.41, 5.74) is 1.16. The fraction of sp³-hybridized carbons (Fsp3) is 0.583. The SMILES string of the molecule is CC(C)Cn1ncnc1CNCc1ccnn1C. The summed E-state index contributed by atoms with van der Waals surface area (Å²) in [5, 5.41) is 11.7. The Morgan fingerprint density at radius 2 is 2.11 bits per heavy atom. The Kier molecular flexibility index (Phi) is 4.09. The molecule has 0 bridgehead atoms. The van der Waals surface area contributed by atoms with Gasteiger partial charge in [-0.15, -0.1) is 0 Å². The van der Waals surface area contributed by atoms with Gasteiger partial charge in [-0.1, -0.05) is 13.8 Å². The summed E-state index contributed by atoms with van der Waals surface area (Å²) in [6.45, 7) is 6.76. The summed E-state index contributed by atoms with van der Waals surface area (Å²) in [7, 11) is 1.94. The Balaban J connectivity index is 1.87. The fourth-order valence-electron chi connectivity index (χ4n) is 1.80. The van der Waals surface area contributed by atoms with Crippen LogP contribution in [0.5, 0.6) is 0 Å². The first-order valence-electron chi connectivity index (χ1n) is 6.21. The summed E-state index contributed by atoms with van der Waals surface area (Å²) in [4.78, 5) is 4.28. The van der Waals surface area contributed by atoms with Gasteiger partial charge in [-0.3, -0.25) is 4.68 Å². The molecule has 0 aliphatic heterocycles. The van der Waals surface area contributed by atoms with Crippen LogP contribution >= 0.6 is 0 Å². The first kappa shape index (κ1) is 12.8. The minimum atomic E-state index is 0.572. The van der Waals surface area contributed by atoms with Gasteiger partial charge in [-0.2, -0.15) is 10.2 Å². The quantitative estimate of drug-likeness (QED) is 0.827. The third kappa shape index (κ3) is 3.16. The van der Waals surface area contributed by atoms with Crippen molar-refractivity contribution in [2.45, 2.75) is 33.5 Å². The zero-order valence-corrected chi connectivity index (χ0v) is 11.2. The predicted octanol–water partition coefficient (Wildman–Crippen LogP) is 0.957. The number of hydrogen-bond acceptors (Lipinski definition) is 4. The molecule has 6 nitrogen and oxygen atoms in total. The number of aromatic nitrogens is 5. The van der Waals surface area contributed by atoms with E-state index in [1.165, 1.54) is 0 Å². The molecule has 0 spiro atoms. The van der Waals surface area contributed by atoms with Gasteiger partial charge in [0.05, 0.1) is 12.2 Å². The van der Waals surface area contributed by atoms with Gasteiger partial charge in [0.25, 0.3) is 0 Å². The number of nitrogens with zero attached hydrogens (tertiary/aromatic N) is 5. The van der Waals surface area contributed by atoms with Crippen LogP contribution < -0.4 is 5.32 Å². The maximum Gasteiger partial charge on any atom is 0.140 e. The molecule has 0 atom stereocenters. The van der Waals surface area contributed by atoms with Crippen molar-refractivity contribution >= 4 is 0 Å². The van der Waals surface area contributed by atoms with Crippen LogP contribution in [-0.2, 0) is 26.7 Å². The normalized spacial score (nSPS) is 11.3. The average Bonchev–Trinajstić information content (AvgIpc) is 2.89. The summed E-state index contributed by atoms with van der Waals surface area (Å²) >= 11 is 0. The standard InChI is InChI=1S/C12H20N6/c1-10(2)8-18-12(14-9-16-18)7-13-6-11-4-5-15-17(11)3/h4-5,9-10,13H,6-8H2,1-3H3. The monoisotopic (exact) mass is 248 g/mol. The van der Waals surface area contributed by atoms with Gasteiger partial charge in [0, 0.05) is 26.3 Å². The summed E-state index contributed by atoms with van der Waals surface area (Å²) in [6, 6.07) is 2.01. The number of nitrogens with one attached hydrogen (secondary N) is 1. The largest absolute Gasteiger partial charge is 0.304 e. The molecule has 2 rings (SSSR count). The first-order chi connectivity index (χ1) is 8.66. The molecule has 0 aromatic carbocycles. The van der Waals surface area contributed by atoms with Gasteiger partial charge in [-0.25, -0.2) is 9.67 Å². The van der Waals surface area contributed by atoms with Crippen molar-refractivity contribution in [3.63, 3.8) is 0 Å². The third-order valence-electron chi connectivity index (χ3n) is 2.75. The lowest BCUT2D eigenvalue weighted by Gasteiger charge is -2.09. The molecular formula is C12H20N6. The smallest absolute Gasteiger partial charge is 0.140 e. The van der Waals surface area contributed by atoms with Crippen LogP contribution in [0.1, 0.15) is 25.4 Å². The van der Waals surface area contributed by atoms with Crippen LogP contribution in [0.15, 0.2) is 18.6 Å². The highest BCUT2D eigenvalue weighted by Crippen LogP contribution is 2.02. The van der Waals surface area contributed by atoms with Crippen molar-refractivity contribution < 1.29 is 0 Å². The van der Waals surface area contributed by atoms with Crippen molar-refractivity contribution in [2.24, 2.45) is 13.0 Å². The Labute approximate surface area is 107 Å². The molecule has 1 N–H and O–H groups in total. The van der Waals surface area contributed by atoms with Crippen LogP contribution in [0, 0.1) is 5.92 Å². The molecule has 0 fully saturated rings. The minimum absolute atomic E-state index is 0.572. The second kappa shape index (κ2) is 5.77. The van der Waals surface area contributed by atoms with Gasteiger partial charge >= 0.3 is 0 Å². The third-order valence-corrected chi connectivity index (χ3v) is 2.75. The second-order valence-electron chi connectivity index (χ2n) is 4.80. The van der Waals surface area contributed by atoms with E-state index in [4.69, 9.17) is 0 Å². The van der Waals surface area contributed by atoms with E-state index in [0.29, 0.717) is 5.92 Å². The summed E-state index contributed by atoms with van der Waals surface area (Å²) in [5.74, 6) is 1.55. The molecule has 0 amide bonds. The van der Waals surface area contributed by atoms with Crippen molar-refractivity contribution in [3.05, 3.63) is 30.1 Å². The highest BCUT2D eigenvalue weighted by atomic mass is 15.3. The fourth-order valence-corrected chi connectivity index (χ4v) is 1.80. The van der Waals surface area contributed by atoms with Crippen LogP contribution in [0.4, 0.5) is 0 Å². The summed E-state index contributed by atoms with van der Waals surface area (Å²) < 4.78 is 3.83. The molecule has 0 saturated heterocycles. The maximum atomic E-state index is 4.28. The molecule has 0 unspecified atom stereocenters. The van der Waals surface area contributed by atoms with E-state index in [1.54, 1.807) is 12.5 Å². The molecule has 2 heterocycles. The Bertz CT molecular complexity index is 484. The molecule has 0 aliphatic carbocycles.